The minimum absolute atomic E-state index is 0.0129. The molecule has 0 bridgehead atoms. The Morgan fingerprint density at radius 1 is 1.44 bits per heavy atom. The highest BCUT2D eigenvalue weighted by Crippen LogP contribution is 2.29. The van der Waals surface area contributed by atoms with Crippen LogP contribution in [0.1, 0.15) is 30.4 Å². The molecule has 0 aromatic carbocycles. The van der Waals surface area contributed by atoms with Crippen LogP contribution in [0.5, 0.6) is 0 Å². The Kier molecular flexibility index (Phi) is 3.30. The zero-order chi connectivity index (χ0) is 11.6. The van der Waals surface area contributed by atoms with Crippen LogP contribution in [-0.4, -0.2) is 36.6 Å². The fourth-order valence-electron chi connectivity index (χ4n) is 1.90. The van der Waals surface area contributed by atoms with Gasteiger partial charge >= 0.3 is 0 Å². The molecule has 0 unspecified atom stereocenters. The maximum atomic E-state index is 11.3. The zero-order valence-electron chi connectivity index (χ0n) is 8.92. The van der Waals surface area contributed by atoms with Gasteiger partial charge in [0.15, 0.2) is 5.89 Å². The zero-order valence-corrected chi connectivity index (χ0v) is 9.74. The number of aliphatic hydroxyl groups is 1. The quantitative estimate of drug-likeness (QED) is 0.838. The third-order valence-corrected chi connectivity index (χ3v) is 4.57. The smallest absolute Gasteiger partial charge is 0.196 e. The number of hydrogen-bond donors (Lipinski definition) is 1. The lowest BCUT2D eigenvalue weighted by molar-refractivity contribution is 0.281. The molecule has 1 N–H and O–H groups in total. The number of hydrogen-bond acceptors (Lipinski definition) is 5. The molecule has 16 heavy (non-hydrogen) atoms. The van der Waals surface area contributed by atoms with Gasteiger partial charge in [-0.15, -0.1) is 0 Å². The summed E-state index contributed by atoms with van der Waals surface area (Å²) in [5.41, 5.74) is 0. The van der Waals surface area contributed by atoms with Crippen molar-refractivity contribution in [1.29, 1.82) is 0 Å². The normalized spacial score (nSPS) is 21.1. The monoisotopic (exact) mass is 245 g/mol. The molecule has 5 nitrogen and oxygen atoms in total. The number of nitrogens with zero attached hydrogens (tertiary/aromatic N) is 1. The van der Waals surface area contributed by atoms with Crippen molar-refractivity contribution in [3.8, 4) is 0 Å². The molecular formula is C10H15NO4S. The summed E-state index contributed by atoms with van der Waals surface area (Å²) >= 11 is 0. The Morgan fingerprint density at radius 3 is 2.75 bits per heavy atom. The second-order valence-corrected chi connectivity index (χ2v) is 6.36. The van der Waals surface area contributed by atoms with E-state index in [9.17, 15) is 8.42 Å². The number of sulfone groups is 1. The summed E-state index contributed by atoms with van der Waals surface area (Å²) in [4.78, 5) is 4.04. The molecule has 2 rings (SSSR count). The van der Waals surface area contributed by atoms with Crippen molar-refractivity contribution in [3.05, 3.63) is 17.8 Å². The van der Waals surface area contributed by atoms with Gasteiger partial charge in [0.05, 0.1) is 24.3 Å². The average molecular weight is 245 g/mol. The maximum Gasteiger partial charge on any atom is 0.196 e. The first-order chi connectivity index (χ1) is 7.61. The van der Waals surface area contributed by atoms with Gasteiger partial charge in [0, 0.05) is 12.3 Å². The molecule has 1 aromatic heterocycles. The number of aliphatic hydroxyl groups excluding tert-OH is 1. The first kappa shape index (κ1) is 11.6. The van der Waals surface area contributed by atoms with Crippen molar-refractivity contribution in [2.45, 2.75) is 25.2 Å². The standard InChI is InChI=1S/C10H15NO4S/c12-4-1-10-11-7-9(15-10)8-2-5-16(13,14)6-3-8/h7-8,12H,1-6H2. The third kappa shape index (κ3) is 2.62. The molecule has 0 aliphatic carbocycles. The molecule has 1 aliphatic heterocycles. The van der Waals surface area contributed by atoms with Crippen LogP contribution in [0.2, 0.25) is 0 Å². The summed E-state index contributed by atoms with van der Waals surface area (Å²) in [6.07, 6.45) is 3.27. The summed E-state index contributed by atoms with van der Waals surface area (Å²) in [6.45, 7) is 0.0129. The molecule has 0 atom stereocenters. The molecule has 6 heteroatoms. The van der Waals surface area contributed by atoms with E-state index in [1.807, 2.05) is 0 Å². The molecule has 0 spiro atoms. The second kappa shape index (κ2) is 4.55. The van der Waals surface area contributed by atoms with Gasteiger partial charge in [0.1, 0.15) is 15.6 Å². The Balaban J connectivity index is 2.02. The fourth-order valence-corrected chi connectivity index (χ4v) is 3.39. The summed E-state index contributed by atoms with van der Waals surface area (Å²) < 4.78 is 28.0. The molecule has 1 fully saturated rings. The number of oxazole rings is 1. The van der Waals surface area contributed by atoms with Gasteiger partial charge in [-0.05, 0) is 12.8 Å². The summed E-state index contributed by atoms with van der Waals surface area (Å²) in [5.74, 6) is 1.88. The van der Waals surface area contributed by atoms with Crippen molar-refractivity contribution in [2.75, 3.05) is 18.1 Å². The van der Waals surface area contributed by atoms with E-state index in [-0.39, 0.29) is 24.0 Å². The lowest BCUT2D eigenvalue weighted by atomic mass is 10.0. The lowest BCUT2D eigenvalue weighted by Gasteiger charge is -2.19. The van der Waals surface area contributed by atoms with E-state index in [1.165, 1.54) is 0 Å². The molecule has 1 aromatic rings. The molecule has 1 aliphatic rings. The second-order valence-electron chi connectivity index (χ2n) is 4.06. The summed E-state index contributed by atoms with van der Waals surface area (Å²) in [5, 5.41) is 8.73. The molecule has 0 radical (unpaired) electrons. The van der Waals surface area contributed by atoms with E-state index < -0.39 is 9.84 Å². The third-order valence-electron chi connectivity index (χ3n) is 2.85. The van der Waals surface area contributed by atoms with Crippen LogP contribution < -0.4 is 0 Å². The van der Waals surface area contributed by atoms with Gasteiger partial charge in [-0.1, -0.05) is 0 Å². The first-order valence-corrected chi connectivity index (χ1v) is 7.19. The van der Waals surface area contributed by atoms with Crippen molar-refractivity contribution >= 4 is 9.84 Å². The fraction of sp³-hybridized carbons (Fsp3) is 0.700. The Hall–Kier alpha value is -0.880. The average Bonchev–Trinajstić information content (AvgIpc) is 2.67. The first-order valence-electron chi connectivity index (χ1n) is 5.36. The highest BCUT2D eigenvalue weighted by molar-refractivity contribution is 7.91. The summed E-state index contributed by atoms with van der Waals surface area (Å²) in [7, 11) is -2.83. The van der Waals surface area contributed by atoms with Crippen LogP contribution in [0.3, 0.4) is 0 Å². The van der Waals surface area contributed by atoms with Crippen molar-refractivity contribution in [1.82, 2.24) is 4.98 Å². The highest BCUT2D eigenvalue weighted by atomic mass is 32.2. The van der Waals surface area contributed by atoms with Gasteiger partial charge in [0.25, 0.3) is 0 Å². The van der Waals surface area contributed by atoms with E-state index in [0.717, 1.165) is 5.76 Å². The predicted octanol–water partition coefficient (Wildman–Crippen LogP) is 0.502. The predicted molar refractivity (Wildman–Crippen MR) is 57.9 cm³/mol. The topological polar surface area (TPSA) is 80.4 Å². The van der Waals surface area contributed by atoms with Crippen LogP contribution in [0.15, 0.2) is 10.6 Å². The van der Waals surface area contributed by atoms with Crippen LogP contribution >= 0.6 is 0 Å². The number of aromatic nitrogens is 1. The van der Waals surface area contributed by atoms with E-state index in [1.54, 1.807) is 6.20 Å². The Bertz CT molecular complexity index is 437. The van der Waals surface area contributed by atoms with Crippen molar-refractivity contribution in [3.63, 3.8) is 0 Å². The van der Waals surface area contributed by atoms with Crippen LogP contribution in [-0.2, 0) is 16.3 Å². The highest BCUT2D eigenvalue weighted by Gasteiger charge is 2.26. The van der Waals surface area contributed by atoms with E-state index >= 15 is 0 Å². The van der Waals surface area contributed by atoms with E-state index in [2.05, 4.69) is 4.98 Å². The van der Waals surface area contributed by atoms with Gasteiger partial charge < -0.3 is 9.52 Å². The Morgan fingerprint density at radius 2 is 2.12 bits per heavy atom. The van der Waals surface area contributed by atoms with E-state index in [4.69, 9.17) is 9.52 Å². The molecule has 90 valence electrons. The molecule has 1 saturated heterocycles. The lowest BCUT2D eigenvalue weighted by Crippen LogP contribution is -2.21. The number of rotatable bonds is 3. The molecular weight excluding hydrogens is 230 g/mol. The van der Waals surface area contributed by atoms with Crippen LogP contribution in [0.25, 0.3) is 0 Å². The largest absolute Gasteiger partial charge is 0.445 e. The molecule has 0 amide bonds. The Labute approximate surface area is 94.4 Å². The minimum atomic E-state index is -2.83. The van der Waals surface area contributed by atoms with Gasteiger partial charge in [-0.2, -0.15) is 0 Å². The summed E-state index contributed by atoms with van der Waals surface area (Å²) in [6, 6.07) is 0. The van der Waals surface area contributed by atoms with Crippen molar-refractivity contribution in [2.24, 2.45) is 0 Å². The van der Waals surface area contributed by atoms with Crippen LogP contribution in [0.4, 0.5) is 0 Å². The van der Waals surface area contributed by atoms with Gasteiger partial charge in [0.2, 0.25) is 0 Å². The SMILES string of the molecule is O=S1(=O)CCC(c2cnc(CCO)o2)CC1. The van der Waals surface area contributed by atoms with Crippen LogP contribution in [0, 0.1) is 0 Å². The van der Waals surface area contributed by atoms with Gasteiger partial charge in [-0.25, -0.2) is 13.4 Å². The molecule has 0 saturated carbocycles. The van der Waals surface area contributed by atoms with Crippen molar-refractivity contribution < 1.29 is 17.9 Å². The van der Waals surface area contributed by atoms with Gasteiger partial charge in [-0.3, -0.25) is 0 Å². The van der Waals surface area contributed by atoms with E-state index in [0.29, 0.717) is 25.2 Å². The minimum Gasteiger partial charge on any atom is -0.445 e. The maximum absolute atomic E-state index is 11.3. The molecule has 2 heterocycles.